The van der Waals surface area contributed by atoms with Crippen LogP contribution in [0, 0.1) is 0 Å². The van der Waals surface area contributed by atoms with E-state index in [4.69, 9.17) is 21.9 Å². The van der Waals surface area contributed by atoms with Crippen molar-refractivity contribution in [1.29, 1.82) is 0 Å². The highest BCUT2D eigenvalue weighted by molar-refractivity contribution is 6.36. The number of H-pyrrole nitrogens is 1. The lowest BCUT2D eigenvalue weighted by molar-refractivity contribution is 0.436. The topological polar surface area (TPSA) is 67.8 Å². The molecule has 2 aromatic heterocycles. The summed E-state index contributed by atoms with van der Waals surface area (Å²) in [4.78, 5) is 3.08. The Hall–Kier alpha value is -1.94. The van der Waals surface area contributed by atoms with Crippen molar-refractivity contribution in [2.75, 3.05) is 5.73 Å². The van der Waals surface area contributed by atoms with Crippen LogP contribution in [-0.4, -0.2) is 10.1 Å². The molecule has 3 N–H and O–H groups in total. The number of nitrogen functional groups attached to an aromatic ring is 1. The molecular weight excluding hydrogens is 226 g/mol. The van der Waals surface area contributed by atoms with Crippen molar-refractivity contribution in [2.24, 2.45) is 0 Å². The number of hydrogen-bond donors (Lipinski definition) is 2. The maximum absolute atomic E-state index is 6.11. The second-order valence-corrected chi connectivity index (χ2v) is 3.89. The molecule has 3 rings (SSSR count). The summed E-state index contributed by atoms with van der Waals surface area (Å²) in [5, 5.41) is 5.23. The van der Waals surface area contributed by atoms with Gasteiger partial charge in [0.15, 0.2) is 11.6 Å². The Morgan fingerprint density at radius 1 is 1.38 bits per heavy atom. The number of aromatic nitrogens is 2. The van der Waals surface area contributed by atoms with Gasteiger partial charge in [-0.1, -0.05) is 28.9 Å². The molecule has 0 atom stereocenters. The number of rotatable bonds is 1. The molecule has 0 aliphatic carbocycles. The summed E-state index contributed by atoms with van der Waals surface area (Å²) in [6.45, 7) is 0. The molecule has 0 unspecified atom stereocenters. The average molecular weight is 234 g/mol. The molecule has 0 aliphatic heterocycles. The Kier molecular flexibility index (Phi) is 1.91. The van der Waals surface area contributed by atoms with E-state index in [0.29, 0.717) is 16.6 Å². The molecule has 1 aromatic carbocycles. The minimum atomic E-state index is 0.360. The van der Waals surface area contributed by atoms with Crippen molar-refractivity contribution >= 4 is 28.3 Å². The molecule has 0 fully saturated rings. The van der Waals surface area contributed by atoms with Crippen molar-refractivity contribution in [1.82, 2.24) is 10.1 Å². The molecule has 0 saturated carbocycles. The summed E-state index contributed by atoms with van der Waals surface area (Å²) in [6, 6.07) is 7.47. The van der Waals surface area contributed by atoms with Crippen LogP contribution in [0.1, 0.15) is 0 Å². The van der Waals surface area contributed by atoms with Crippen LogP contribution in [0.5, 0.6) is 0 Å². The summed E-state index contributed by atoms with van der Waals surface area (Å²) in [7, 11) is 0. The summed E-state index contributed by atoms with van der Waals surface area (Å²) in [5.74, 6) is 0.975. The maximum atomic E-state index is 6.11. The number of anilines is 1. The fourth-order valence-electron chi connectivity index (χ4n) is 1.76. The SMILES string of the molecule is Nc1cc(-c2cccc3[nH]cc(Cl)c23)on1. The van der Waals surface area contributed by atoms with E-state index in [0.717, 1.165) is 16.5 Å². The fraction of sp³-hybridized carbons (Fsp3) is 0. The van der Waals surface area contributed by atoms with Crippen molar-refractivity contribution in [3.63, 3.8) is 0 Å². The van der Waals surface area contributed by atoms with Gasteiger partial charge in [-0.15, -0.1) is 0 Å². The van der Waals surface area contributed by atoms with Crippen LogP contribution in [0.25, 0.3) is 22.2 Å². The highest BCUT2D eigenvalue weighted by Gasteiger charge is 2.12. The molecule has 2 heterocycles. The van der Waals surface area contributed by atoms with E-state index in [1.54, 1.807) is 12.3 Å². The second-order valence-electron chi connectivity index (χ2n) is 3.48. The van der Waals surface area contributed by atoms with E-state index >= 15 is 0 Å². The van der Waals surface area contributed by atoms with Crippen molar-refractivity contribution in [3.05, 3.63) is 35.5 Å². The van der Waals surface area contributed by atoms with Crippen LogP contribution in [0.4, 0.5) is 5.82 Å². The quantitative estimate of drug-likeness (QED) is 0.679. The van der Waals surface area contributed by atoms with E-state index in [9.17, 15) is 0 Å². The number of fused-ring (bicyclic) bond motifs is 1. The molecule has 0 radical (unpaired) electrons. The monoisotopic (exact) mass is 233 g/mol. The van der Waals surface area contributed by atoms with Gasteiger partial charge in [-0.25, -0.2) is 0 Å². The first-order chi connectivity index (χ1) is 7.75. The van der Waals surface area contributed by atoms with Crippen molar-refractivity contribution in [3.8, 4) is 11.3 Å². The van der Waals surface area contributed by atoms with E-state index in [-0.39, 0.29) is 0 Å². The van der Waals surface area contributed by atoms with Gasteiger partial charge in [0.05, 0.1) is 5.02 Å². The van der Waals surface area contributed by atoms with Gasteiger partial charge < -0.3 is 15.2 Å². The molecule has 16 heavy (non-hydrogen) atoms. The number of nitrogens with one attached hydrogen (secondary N) is 1. The number of aromatic amines is 1. The van der Waals surface area contributed by atoms with Gasteiger partial charge in [-0.2, -0.15) is 0 Å². The molecular formula is C11H8ClN3O. The summed E-state index contributed by atoms with van der Waals surface area (Å²) < 4.78 is 5.14. The minimum Gasteiger partial charge on any atom is -0.381 e. The maximum Gasteiger partial charge on any atom is 0.169 e. The first kappa shape index (κ1) is 9.30. The molecule has 0 bridgehead atoms. The lowest BCUT2D eigenvalue weighted by atomic mass is 10.1. The Morgan fingerprint density at radius 3 is 3.00 bits per heavy atom. The van der Waals surface area contributed by atoms with Crippen molar-refractivity contribution < 1.29 is 4.52 Å². The van der Waals surface area contributed by atoms with Gasteiger partial charge in [0.2, 0.25) is 0 Å². The lowest BCUT2D eigenvalue weighted by Gasteiger charge is -1.98. The number of hydrogen-bond acceptors (Lipinski definition) is 3. The number of benzene rings is 1. The van der Waals surface area contributed by atoms with E-state index in [1.807, 2.05) is 18.2 Å². The van der Waals surface area contributed by atoms with E-state index < -0.39 is 0 Å². The minimum absolute atomic E-state index is 0.360. The predicted octanol–water partition coefficient (Wildman–Crippen LogP) is 3.06. The smallest absolute Gasteiger partial charge is 0.169 e. The Labute approximate surface area is 96.0 Å². The normalized spacial score (nSPS) is 11.1. The van der Waals surface area contributed by atoms with Gasteiger partial charge in [0.1, 0.15) is 0 Å². The third kappa shape index (κ3) is 1.27. The molecule has 0 aliphatic rings. The largest absolute Gasteiger partial charge is 0.381 e. The zero-order valence-electron chi connectivity index (χ0n) is 8.20. The van der Waals surface area contributed by atoms with E-state index in [1.165, 1.54) is 0 Å². The van der Waals surface area contributed by atoms with Crippen molar-refractivity contribution in [2.45, 2.75) is 0 Å². The highest BCUT2D eigenvalue weighted by Crippen LogP contribution is 2.33. The third-order valence-corrected chi connectivity index (χ3v) is 2.75. The second kappa shape index (κ2) is 3.28. The Bertz CT molecular complexity index is 656. The first-order valence-corrected chi connectivity index (χ1v) is 5.11. The van der Waals surface area contributed by atoms with Crippen LogP contribution >= 0.6 is 11.6 Å². The van der Waals surface area contributed by atoms with Crippen LogP contribution in [0.3, 0.4) is 0 Å². The fourth-order valence-corrected chi connectivity index (χ4v) is 2.02. The van der Waals surface area contributed by atoms with Gasteiger partial charge >= 0.3 is 0 Å². The number of nitrogens with two attached hydrogens (primary N) is 1. The molecule has 3 aromatic rings. The van der Waals surface area contributed by atoms with Gasteiger partial charge in [0.25, 0.3) is 0 Å². The highest BCUT2D eigenvalue weighted by atomic mass is 35.5. The molecule has 0 amide bonds. The molecule has 0 spiro atoms. The zero-order chi connectivity index (χ0) is 11.1. The summed E-state index contributed by atoms with van der Waals surface area (Å²) >= 11 is 6.11. The Balaban J connectivity index is 2.34. The van der Waals surface area contributed by atoms with Crippen LogP contribution in [0.2, 0.25) is 5.02 Å². The lowest BCUT2D eigenvalue weighted by Crippen LogP contribution is -1.80. The summed E-state index contributed by atoms with van der Waals surface area (Å²) in [5.41, 5.74) is 7.37. The standard InChI is InChI=1S/C11H8ClN3O/c12-7-5-14-8-3-1-2-6(11(7)8)9-4-10(13)15-16-9/h1-5,14H,(H2,13,15). The number of nitrogens with zero attached hydrogens (tertiary/aromatic N) is 1. The average Bonchev–Trinajstić information content (AvgIpc) is 2.86. The van der Waals surface area contributed by atoms with Gasteiger partial charge in [-0.3, -0.25) is 0 Å². The molecule has 0 saturated heterocycles. The molecule has 5 heteroatoms. The zero-order valence-corrected chi connectivity index (χ0v) is 8.95. The first-order valence-electron chi connectivity index (χ1n) is 4.74. The van der Waals surface area contributed by atoms with E-state index in [2.05, 4.69) is 10.1 Å². The Morgan fingerprint density at radius 2 is 2.25 bits per heavy atom. The van der Waals surface area contributed by atoms with Gasteiger partial charge in [0, 0.05) is 28.7 Å². The molecule has 80 valence electrons. The number of halogens is 1. The third-order valence-electron chi connectivity index (χ3n) is 2.45. The predicted molar refractivity (Wildman–Crippen MR) is 63.2 cm³/mol. The molecule has 4 nitrogen and oxygen atoms in total. The van der Waals surface area contributed by atoms with Crippen LogP contribution in [-0.2, 0) is 0 Å². The van der Waals surface area contributed by atoms with Crippen LogP contribution in [0.15, 0.2) is 35.0 Å². The van der Waals surface area contributed by atoms with Crippen LogP contribution < -0.4 is 5.73 Å². The van der Waals surface area contributed by atoms with Gasteiger partial charge in [-0.05, 0) is 6.07 Å². The summed E-state index contributed by atoms with van der Waals surface area (Å²) in [6.07, 6.45) is 1.75.